The summed E-state index contributed by atoms with van der Waals surface area (Å²) in [6, 6.07) is 17.5. The van der Waals surface area contributed by atoms with E-state index in [-0.39, 0.29) is 4.90 Å². The Morgan fingerprint density at radius 2 is 1.89 bits per heavy atom. The SMILES string of the molecule is CN=C(NCc1cccc(S(=O)(=O)NC)c1)N1CCC(Cc2ccccc2)C1. The highest BCUT2D eigenvalue weighted by Gasteiger charge is 2.25. The van der Waals surface area contributed by atoms with Crippen molar-refractivity contribution in [3.63, 3.8) is 0 Å². The van der Waals surface area contributed by atoms with Crippen molar-refractivity contribution in [1.82, 2.24) is 14.9 Å². The van der Waals surface area contributed by atoms with Gasteiger partial charge in [0.2, 0.25) is 10.0 Å². The van der Waals surface area contributed by atoms with Crippen molar-refractivity contribution in [2.75, 3.05) is 27.2 Å². The third-order valence-electron chi connectivity index (χ3n) is 5.09. The Kier molecular flexibility index (Phi) is 6.70. The summed E-state index contributed by atoms with van der Waals surface area (Å²) < 4.78 is 26.3. The molecule has 0 saturated carbocycles. The molecule has 1 heterocycles. The quantitative estimate of drug-likeness (QED) is 0.576. The van der Waals surface area contributed by atoms with E-state index < -0.39 is 10.0 Å². The zero-order valence-electron chi connectivity index (χ0n) is 16.4. The smallest absolute Gasteiger partial charge is 0.240 e. The van der Waals surface area contributed by atoms with Gasteiger partial charge in [0.25, 0.3) is 0 Å². The number of rotatable bonds is 6. The van der Waals surface area contributed by atoms with Crippen LogP contribution in [0.2, 0.25) is 0 Å². The summed E-state index contributed by atoms with van der Waals surface area (Å²) in [6.07, 6.45) is 2.23. The molecule has 1 fully saturated rings. The van der Waals surface area contributed by atoms with E-state index in [1.165, 1.54) is 12.6 Å². The summed E-state index contributed by atoms with van der Waals surface area (Å²) in [5.41, 5.74) is 2.28. The Morgan fingerprint density at radius 1 is 1.14 bits per heavy atom. The third kappa shape index (κ3) is 5.11. The largest absolute Gasteiger partial charge is 0.352 e. The van der Waals surface area contributed by atoms with Crippen molar-refractivity contribution in [2.24, 2.45) is 10.9 Å². The van der Waals surface area contributed by atoms with Gasteiger partial charge in [-0.05, 0) is 49.1 Å². The van der Waals surface area contributed by atoms with Gasteiger partial charge in [0, 0.05) is 26.7 Å². The predicted octanol–water partition coefficient (Wildman–Crippen LogP) is 2.23. The second kappa shape index (κ2) is 9.21. The number of benzene rings is 2. The average molecular weight is 401 g/mol. The Morgan fingerprint density at radius 3 is 2.61 bits per heavy atom. The topological polar surface area (TPSA) is 73.8 Å². The monoisotopic (exact) mass is 400 g/mol. The predicted molar refractivity (Wildman–Crippen MR) is 113 cm³/mol. The summed E-state index contributed by atoms with van der Waals surface area (Å²) >= 11 is 0. The maximum absolute atomic E-state index is 12.0. The van der Waals surface area contributed by atoms with Gasteiger partial charge >= 0.3 is 0 Å². The zero-order valence-corrected chi connectivity index (χ0v) is 17.2. The summed E-state index contributed by atoms with van der Waals surface area (Å²) in [5, 5.41) is 3.37. The van der Waals surface area contributed by atoms with E-state index >= 15 is 0 Å². The molecule has 1 aliphatic heterocycles. The maximum Gasteiger partial charge on any atom is 0.240 e. The average Bonchev–Trinajstić information content (AvgIpc) is 3.17. The van der Waals surface area contributed by atoms with Crippen LogP contribution in [0.1, 0.15) is 17.5 Å². The van der Waals surface area contributed by atoms with Crippen LogP contribution in [0.5, 0.6) is 0 Å². The minimum Gasteiger partial charge on any atom is -0.352 e. The summed E-state index contributed by atoms with van der Waals surface area (Å²) in [4.78, 5) is 6.97. The van der Waals surface area contributed by atoms with E-state index in [4.69, 9.17) is 0 Å². The van der Waals surface area contributed by atoms with Crippen LogP contribution in [0.3, 0.4) is 0 Å². The van der Waals surface area contributed by atoms with Crippen LogP contribution in [0.4, 0.5) is 0 Å². The lowest BCUT2D eigenvalue weighted by Crippen LogP contribution is -2.39. The first-order valence-corrected chi connectivity index (χ1v) is 11.0. The third-order valence-corrected chi connectivity index (χ3v) is 6.50. The second-order valence-electron chi connectivity index (χ2n) is 7.05. The number of hydrogen-bond donors (Lipinski definition) is 2. The number of aliphatic imine (C=N–C) groups is 1. The van der Waals surface area contributed by atoms with Crippen molar-refractivity contribution in [2.45, 2.75) is 24.3 Å². The molecule has 6 nitrogen and oxygen atoms in total. The van der Waals surface area contributed by atoms with E-state index in [9.17, 15) is 8.42 Å². The molecule has 0 amide bonds. The fourth-order valence-electron chi connectivity index (χ4n) is 3.59. The normalized spacial score (nSPS) is 17.7. The molecular weight excluding hydrogens is 372 g/mol. The summed E-state index contributed by atoms with van der Waals surface area (Å²) in [6.45, 7) is 2.48. The minimum absolute atomic E-state index is 0.272. The molecule has 1 saturated heterocycles. The van der Waals surface area contributed by atoms with Crippen molar-refractivity contribution in [1.29, 1.82) is 0 Å². The maximum atomic E-state index is 12.0. The van der Waals surface area contributed by atoms with Crippen LogP contribution in [0.15, 0.2) is 64.5 Å². The molecule has 0 aliphatic carbocycles. The van der Waals surface area contributed by atoms with Gasteiger partial charge in [-0.2, -0.15) is 0 Å². The number of hydrogen-bond acceptors (Lipinski definition) is 3. The number of likely N-dealkylation sites (tertiary alicyclic amines) is 1. The van der Waals surface area contributed by atoms with Crippen LogP contribution in [-0.4, -0.2) is 46.5 Å². The summed E-state index contributed by atoms with van der Waals surface area (Å²) in [7, 11) is -0.232. The molecule has 3 rings (SSSR count). The number of guanidine groups is 1. The first-order valence-electron chi connectivity index (χ1n) is 9.54. The molecular formula is C21H28N4O2S. The molecule has 1 atom stereocenters. The van der Waals surface area contributed by atoms with E-state index in [0.717, 1.165) is 37.5 Å². The molecule has 0 aromatic heterocycles. The second-order valence-corrected chi connectivity index (χ2v) is 8.93. The minimum atomic E-state index is -3.44. The van der Waals surface area contributed by atoms with E-state index in [1.807, 2.05) is 12.1 Å². The molecule has 1 unspecified atom stereocenters. The Hall–Kier alpha value is -2.38. The number of sulfonamides is 1. The van der Waals surface area contributed by atoms with E-state index in [2.05, 4.69) is 44.2 Å². The highest BCUT2D eigenvalue weighted by atomic mass is 32.2. The molecule has 2 aromatic rings. The van der Waals surface area contributed by atoms with Gasteiger partial charge in [-0.3, -0.25) is 4.99 Å². The molecule has 0 radical (unpaired) electrons. The van der Waals surface area contributed by atoms with Crippen LogP contribution >= 0.6 is 0 Å². The molecule has 150 valence electrons. The van der Waals surface area contributed by atoms with Gasteiger partial charge < -0.3 is 10.2 Å². The summed E-state index contributed by atoms with van der Waals surface area (Å²) in [5.74, 6) is 1.47. The van der Waals surface area contributed by atoms with Crippen molar-refractivity contribution in [3.8, 4) is 0 Å². The first-order chi connectivity index (χ1) is 13.5. The lowest BCUT2D eigenvalue weighted by Gasteiger charge is -2.22. The van der Waals surface area contributed by atoms with Gasteiger partial charge in [0.15, 0.2) is 5.96 Å². The van der Waals surface area contributed by atoms with Crippen LogP contribution in [0, 0.1) is 5.92 Å². The number of nitrogens with one attached hydrogen (secondary N) is 2. The molecule has 0 spiro atoms. The van der Waals surface area contributed by atoms with Crippen molar-refractivity contribution < 1.29 is 8.42 Å². The van der Waals surface area contributed by atoms with Crippen molar-refractivity contribution >= 4 is 16.0 Å². The Bertz CT molecular complexity index is 913. The van der Waals surface area contributed by atoms with Gasteiger partial charge in [-0.15, -0.1) is 0 Å². The fraction of sp³-hybridized carbons (Fsp3) is 0.381. The molecule has 0 bridgehead atoms. The zero-order chi connectivity index (χ0) is 20.0. The van der Waals surface area contributed by atoms with Crippen molar-refractivity contribution in [3.05, 3.63) is 65.7 Å². The standard InChI is InChI=1S/C21H28N4O2S/c1-22-21(24-15-18-9-6-10-20(14-18)28(26,27)23-2)25-12-11-19(16-25)13-17-7-4-3-5-8-17/h3-10,14,19,23H,11-13,15-16H2,1-2H3,(H,22,24). The Balaban J connectivity index is 1.58. The van der Waals surface area contributed by atoms with Gasteiger partial charge in [0.1, 0.15) is 0 Å². The van der Waals surface area contributed by atoms with Gasteiger partial charge in [0.05, 0.1) is 4.90 Å². The molecule has 7 heteroatoms. The van der Waals surface area contributed by atoms with Gasteiger partial charge in [-0.25, -0.2) is 13.1 Å². The van der Waals surface area contributed by atoms with E-state index in [0.29, 0.717) is 12.5 Å². The number of nitrogens with zero attached hydrogens (tertiary/aromatic N) is 2. The highest BCUT2D eigenvalue weighted by molar-refractivity contribution is 7.89. The fourth-order valence-corrected chi connectivity index (χ4v) is 4.39. The van der Waals surface area contributed by atoms with Gasteiger partial charge in [-0.1, -0.05) is 42.5 Å². The van der Waals surface area contributed by atoms with E-state index in [1.54, 1.807) is 25.2 Å². The van der Waals surface area contributed by atoms with Crippen LogP contribution in [-0.2, 0) is 23.0 Å². The van der Waals surface area contributed by atoms with Crippen LogP contribution in [0.25, 0.3) is 0 Å². The Labute approximate surface area is 167 Å². The lowest BCUT2D eigenvalue weighted by molar-refractivity contribution is 0.460. The first kappa shape index (κ1) is 20.4. The molecule has 1 aliphatic rings. The molecule has 28 heavy (non-hydrogen) atoms. The molecule has 2 aromatic carbocycles. The molecule has 2 N–H and O–H groups in total. The lowest BCUT2D eigenvalue weighted by atomic mass is 9.99. The highest BCUT2D eigenvalue weighted by Crippen LogP contribution is 2.21. The van der Waals surface area contributed by atoms with Crippen LogP contribution < -0.4 is 10.0 Å².